The summed E-state index contributed by atoms with van der Waals surface area (Å²) in [5, 5.41) is 0. The Morgan fingerprint density at radius 1 is 1.21 bits per heavy atom. The van der Waals surface area contributed by atoms with Crippen LogP contribution in [-0.2, 0) is 9.59 Å². The van der Waals surface area contributed by atoms with Gasteiger partial charge in [0.2, 0.25) is 5.91 Å². The standard InChI is InChI=1S/C23H26N2O4/c1-5-16(3)24(22(27)17-7-6-8-19(13-17)29-4)20-14-21(26)25(23(20)28)18-11-9-15(2)10-12-18/h6-13,16,20H,5,14H2,1-4H3. The van der Waals surface area contributed by atoms with E-state index in [0.717, 1.165) is 5.56 Å². The molecule has 1 saturated heterocycles. The van der Waals surface area contributed by atoms with Crippen LogP contribution in [0.25, 0.3) is 0 Å². The van der Waals surface area contributed by atoms with Gasteiger partial charge in [0, 0.05) is 11.6 Å². The SMILES string of the molecule is CCC(C)N(C(=O)c1cccc(OC)c1)C1CC(=O)N(c2ccc(C)cc2)C1=O. The Labute approximate surface area is 171 Å². The maximum absolute atomic E-state index is 13.3. The molecule has 2 unspecified atom stereocenters. The molecule has 1 fully saturated rings. The largest absolute Gasteiger partial charge is 0.497 e. The van der Waals surface area contributed by atoms with Crippen LogP contribution in [0.3, 0.4) is 0 Å². The third-order valence-electron chi connectivity index (χ3n) is 5.37. The summed E-state index contributed by atoms with van der Waals surface area (Å²) in [4.78, 5) is 42.0. The highest BCUT2D eigenvalue weighted by atomic mass is 16.5. The van der Waals surface area contributed by atoms with Crippen molar-refractivity contribution >= 4 is 23.4 Å². The molecular weight excluding hydrogens is 368 g/mol. The van der Waals surface area contributed by atoms with Gasteiger partial charge in [-0.25, -0.2) is 4.90 Å². The summed E-state index contributed by atoms with van der Waals surface area (Å²) in [6.07, 6.45) is 0.644. The van der Waals surface area contributed by atoms with Crippen molar-refractivity contribution in [1.82, 2.24) is 4.90 Å². The fourth-order valence-corrected chi connectivity index (χ4v) is 3.55. The van der Waals surface area contributed by atoms with Crippen molar-refractivity contribution in [1.29, 1.82) is 0 Å². The summed E-state index contributed by atoms with van der Waals surface area (Å²) < 4.78 is 5.22. The van der Waals surface area contributed by atoms with Gasteiger partial charge in [0.05, 0.1) is 19.2 Å². The van der Waals surface area contributed by atoms with Crippen LogP contribution in [0.4, 0.5) is 5.69 Å². The van der Waals surface area contributed by atoms with E-state index in [1.807, 2.05) is 32.9 Å². The molecule has 0 radical (unpaired) electrons. The van der Waals surface area contributed by atoms with E-state index in [-0.39, 0.29) is 30.2 Å². The molecule has 6 heteroatoms. The number of anilines is 1. The lowest BCUT2D eigenvalue weighted by Gasteiger charge is -2.33. The molecule has 1 aliphatic heterocycles. The number of hydrogen-bond donors (Lipinski definition) is 0. The van der Waals surface area contributed by atoms with Crippen molar-refractivity contribution in [2.24, 2.45) is 0 Å². The van der Waals surface area contributed by atoms with E-state index in [4.69, 9.17) is 4.74 Å². The van der Waals surface area contributed by atoms with Crippen LogP contribution < -0.4 is 9.64 Å². The minimum Gasteiger partial charge on any atom is -0.497 e. The van der Waals surface area contributed by atoms with Crippen LogP contribution in [0.1, 0.15) is 42.6 Å². The van der Waals surface area contributed by atoms with Gasteiger partial charge in [-0.15, -0.1) is 0 Å². The molecule has 0 saturated carbocycles. The normalized spacial score (nSPS) is 17.4. The summed E-state index contributed by atoms with van der Waals surface area (Å²) in [5.74, 6) is -0.379. The lowest BCUT2D eigenvalue weighted by Crippen LogP contribution is -2.49. The molecule has 1 aliphatic rings. The maximum Gasteiger partial charge on any atom is 0.257 e. The first kappa shape index (κ1) is 20.6. The topological polar surface area (TPSA) is 66.9 Å². The summed E-state index contributed by atoms with van der Waals surface area (Å²) in [6.45, 7) is 5.79. The van der Waals surface area contributed by atoms with Crippen LogP contribution >= 0.6 is 0 Å². The van der Waals surface area contributed by atoms with E-state index in [2.05, 4.69) is 0 Å². The highest BCUT2D eigenvalue weighted by Crippen LogP contribution is 2.29. The van der Waals surface area contributed by atoms with Crippen LogP contribution in [-0.4, -0.2) is 41.8 Å². The first-order chi connectivity index (χ1) is 13.9. The number of benzene rings is 2. The van der Waals surface area contributed by atoms with Crippen molar-refractivity contribution in [2.45, 2.75) is 45.7 Å². The van der Waals surface area contributed by atoms with E-state index < -0.39 is 6.04 Å². The van der Waals surface area contributed by atoms with E-state index >= 15 is 0 Å². The lowest BCUT2D eigenvalue weighted by molar-refractivity contribution is -0.122. The second kappa shape index (κ2) is 8.47. The number of methoxy groups -OCH3 is 1. The van der Waals surface area contributed by atoms with E-state index in [1.165, 1.54) is 12.0 Å². The van der Waals surface area contributed by atoms with Crippen LogP contribution in [0, 0.1) is 6.92 Å². The molecule has 3 amide bonds. The lowest BCUT2D eigenvalue weighted by atomic mass is 10.1. The predicted molar refractivity (Wildman–Crippen MR) is 111 cm³/mol. The van der Waals surface area contributed by atoms with Crippen LogP contribution in [0.15, 0.2) is 48.5 Å². The van der Waals surface area contributed by atoms with Crippen molar-refractivity contribution in [3.8, 4) is 5.75 Å². The Morgan fingerprint density at radius 2 is 1.90 bits per heavy atom. The number of carbonyl (C=O) groups is 3. The zero-order valence-corrected chi connectivity index (χ0v) is 17.2. The van der Waals surface area contributed by atoms with E-state index in [1.54, 1.807) is 41.3 Å². The van der Waals surface area contributed by atoms with Crippen LogP contribution in [0.5, 0.6) is 5.75 Å². The highest BCUT2D eigenvalue weighted by Gasteiger charge is 2.45. The van der Waals surface area contributed by atoms with Crippen molar-refractivity contribution < 1.29 is 19.1 Å². The summed E-state index contributed by atoms with van der Waals surface area (Å²) >= 11 is 0. The predicted octanol–water partition coefficient (Wildman–Crippen LogP) is 3.58. The number of aryl methyl sites for hydroxylation is 1. The fraction of sp³-hybridized carbons (Fsp3) is 0.348. The molecular formula is C23H26N2O4. The van der Waals surface area contributed by atoms with Crippen molar-refractivity contribution in [3.63, 3.8) is 0 Å². The molecule has 152 valence electrons. The van der Waals surface area contributed by atoms with Crippen molar-refractivity contribution in [3.05, 3.63) is 59.7 Å². The first-order valence-electron chi connectivity index (χ1n) is 9.77. The molecule has 1 heterocycles. The number of amides is 3. The molecule has 2 aromatic rings. The van der Waals surface area contributed by atoms with Gasteiger partial charge in [-0.2, -0.15) is 0 Å². The Morgan fingerprint density at radius 3 is 2.52 bits per heavy atom. The van der Waals surface area contributed by atoms with Gasteiger partial charge in [0.25, 0.3) is 11.8 Å². The molecule has 0 N–H and O–H groups in total. The Balaban J connectivity index is 1.94. The molecule has 2 aromatic carbocycles. The van der Waals surface area contributed by atoms with Gasteiger partial charge in [0.1, 0.15) is 11.8 Å². The number of carbonyl (C=O) groups excluding carboxylic acids is 3. The number of imide groups is 1. The monoisotopic (exact) mass is 394 g/mol. The molecule has 3 rings (SSSR count). The molecule has 0 spiro atoms. The molecule has 0 bridgehead atoms. The fourth-order valence-electron chi connectivity index (χ4n) is 3.55. The molecule has 29 heavy (non-hydrogen) atoms. The quantitative estimate of drug-likeness (QED) is 0.703. The van der Waals surface area contributed by atoms with E-state index in [0.29, 0.717) is 23.4 Å². The number of hydrogen-bond acceptors (Lipinski definition) is 4. The summed E-state index contributed by atoms with van der Waals surface area (Å²) in [6, 6.07) is 13.0. The Kier molecular flexibility index (Phi) is 6.01. The summed E-state index contributed by atoms with van der Waals surface area (Å²) in [5.41, 5.74) is 2.00. The van der Waals surface area contributed by atoms with Gasteiger partial charge in [-0.05, 0) is 50.6 Å². The second-order valence-corrected chi connectivity index (χ2v) is 7.32. The van der Waals surface area contributed by atoms with E-state index in [9.17, 15) is 14.4 Å². The van der Waals surface area contributed by atoms with Gasteiger partial charge in [-0.1, -0.05) is 30.7 Å². The number of nitrogens with zero attached hydrogens (tertiary/aromatic N) is 2. The Hall–Kier alpha value is -3.15. The summed E-state index contributed by atoms with van der Waals surface area (Å²) in [7, 11) is 1.54. The van der Waals surface area contributed by atoms with Gasteiger partial charge in [-0.3, -0.25) is 14.4 Å². The number of rotatable bonds is 6. The molecule has 2 atom stereocenters. The molecule has 6 nitrogen and oxygen atoms in total. The van der Waals surface area contributed by atoms with Gasteiger partial charge in [0.15, 0.2) is 0 Å². The average molecular weight is 394 g/mol. The third-order valence-corrected chi connectivity index (χ3v) is 5.37. The third kappa shape index (κ3) is 4.01. The minimum atomic E-state index is -0.822. The zero-order chi connectivity index (χ0) is 21.1. The Bertz CT molecular complexity index is 923. The molecule has 0 aliphatic carbocycles. The van der Waals surface area contributed by atoms with Gasteiger partial charge >= 0.3 is 0 Å². The maximum atomic E-state index is 13.3. The highest BCUT2D eigenvalue weighted by molar-refractivity contribution is 6.23. The molecule has 0 aromatic heterocycles. The van der Waals surface area contributed by atoms with Gasteiger partial charge < -0.3 is 9.64 Å². The van der Waals surface area contributed by atoms with Crippen LogP contribution in [0.2, 0.25) is 0 Å². The smallest absolute Gasteiger partial charge is 0.257 e. The first-order valence-corrected chi connectivity index (χ1v) is 9.77. The van der Waals surface area contributed by atoms with Crippen molar-refractivity contribution in [2.75, 3.05) is 12.0 Å². The minimum absolute atomic E-state index is 0.0211. The number of ether oxygens (including phenoxy) is 1. The average Bonchev–Trinajstić information content (AvgIpc) is 3.02. The second-order valence-electron chi connectivity index (χ2n) is 7.32. The zero-order valence-electron chi connectivity index (χ0n) is 17.2.